The molecule has 1 aliphatic rings. The monoisotopic (exact) mass is 259 g/mol. The molecule has 17 heavy (non-hydrogen) atoms. The molecule has 1 fully saturated rings. The lowest BCUT2D eigenvalue weighted by molar-refractivity contribution is 0.0480. The largest absolute Gasteiger partial charge is 0.467 e. The quantitative estimate of drug-likeness (QED) is 0.813. The van der Waals surface area contributed by atoms with Crippen molar-refractivity contribution in [2.75, 3.05) is 26.9 Å². The molecule has 7 heteroatoms. The normalized spacial score (nSPS) is 16.8. The topological polar surface area (TPSA) is 66.4 Å². The third kappa shape index (κ3) is 3.67. The van der Waals surface area contributed by atoms with Crippen LogP contribution in [-0.4, -0.2) is 41.9 Å². The van der Waals surface area contributed by atoms with Gasteiger partial charge < -0.3 is 14.2 Å². The Kier molecular flexibility index (Phi) is 4.33. The zero-order chi connectivity index (χ0) is 12.1. The summed E-state index contributed by atoms with van der Waals surface area (Å²) in [5.41, 5.74) is 0. The molecule has 1 aromatic rings. The first-order valence-electron chi connectivity index (χ1n) is 5.44. The highest BCUT2D eigenvalue weighted by atomic mass is 35.5. The van der Waals surface area contributed by atoms with E-state index in [9.17, 15) is 0 Å². The molecule has 2 rings (SSSR count). The summed E-state index contributed by atoms with van der Waals surface area (Å²) in [6, 6.07) is 0.361. The van der Waals surface area contributed by atoms with E-state index in [1.165, 1.54) is 7.11 Å². The van der Waals surface area contributed by atoms with Crippen LogP contribution in [0.3, 0.4) is 0 Å². The van der Waals surface area contributed by atoms with Crippen molar-refractivity contribution in [2.24, 2.45) is 5.92 Å². The van der Waals surface area contributed by atoms with Crippen LogP contribution in [0, 0.1) is 5.92 Å². The van der Waals surface area contributed by atoms with Crippen molar-refractivity contribution in [3.63, 3.8) is 0 Å². The van der Waals surface area contributed by atoms with Gasteiger partial charge in [-0.3, -0.25) is 0 Å². The number of hydrogen-bond acceptors (Lipinski definition) is 6. The van der Waals surface area contributed by atoms with Crippen LogP contribution in [0.5, 0.6) is 12.0 Å². The molecule has 0 amide bonds. The van der Waals surface area contributed by atoms with E-state index in [0.717, 1.165) is 26.1 Å². The van der Waals surface area contributed by atoms with E-state index in [1.807, 2.05) is 0 Å². The Hall–Kier alpha value is -1.14. The highest BCUT2D eigenvalue weighted by molar-refractivity contribution is 6.28. The third-order valence-corrected chi connectivity index (χ3v) is 2.71. The predicted octanol–water partition coefficient (Wildman–Crippen LogP) is 1.34. The van der Waals surface area contributed by atoms with Crippen molar-refractivity contribution in [1.29, 1.82) is 0 Å². The summed E-state index contributed by atoms with van der Waals surface area (Å²) in [5, 5.41) is 0.0684. The Morgan fingerprint density at radius 3 is 2.65 bits per heavy atom. The highest BCUT2D eigenvalue weighted by Gasteiger charge is 2.15. The molecule has 0 bridgehead atoms. The molecule has 0 aromatic carbocycles. The van der Waals surface area contributed by atoms with E-state index in [1.54, 1.807) is 0 Å². The molecule has 0 N–H and O–H groups in total. The number of aromatic nitrogens is 3. The van der Waals surface area contributed by atoms with Gasteiger partial charge in [0.05, 0.1) is 13.7 Å². The van der Waals surface area contributed by atoms with Gasteiger partial charge in [0.25, 0.3) is 0 Å². The third-order valence-electron chi connectivity index (χ3n) is 2.54. The number of hydrogen-bond donors (Lipinski definition) is 0. The van der Waals surface area contributed by atoms with E-state index < -0.39 is 0 Å². The van der Waals surface area contributed by atoms with Crippen molar-refractivity contribution in [2.45, 2.75) is 12.8 Å². The first-order valence-corrected chi connectivity index (χ1v) is 5.82. The molecule has 1 saturated heterocycles. The molecule has 6 nitrogen and oxygen atoms in total. The minimum Gasteiger partial charge on any atom is -0.467 e. The Bertz CT molecular complexity index is 372. The van der Waals surface area contributed by atoms with Crippen LogP contribution in [-0.2, 0) is 4.74 Å². The predicted molar refractivity (Wildman–Crippen MR) is 60.4 cm³/mol. The van der Waals surface area contributed by atoms with Crippen molar-refractivity contribution in [3.05, 3.63) is 5.28 Å². The number of halogens is 1. The van der Waals surface area contributed by atoms with Crippen LogP contribution >= 0.6 is 11.6 Å². The van der Waals surface area contributed by atoms with E-state index in [0.29, 0.717) is 12.5 Å². The number of ether oxygens (including phenoxy) is 3. The molecule has 2 heterocycles. The van der Waals surface area contributed by atoms with E-state index in [4.69, 9.17) is 25.8 Å². The minimum absolute atomic E-state index is 0.0684. The smallest absolute Gasteiger partial charge is 0.323 e. The maximum absolute atomic E-state index is 5.71. The van der Waals surface area contributed by atoms with Crippen LogP contribution in [0.1, 0.15) is 12.8 Å². The molecule has 0 aliphatic carbocycles. The fourth-order valence-corrected chi connectivity index (χ4v) is 1.72. The van der Waals surface area contributed by atoms with Gasteiger partial charge in [0.1, 0.15) is 0 Å². The van der Waals surface area contributed by atoms with Crippen molar-refractivity contribution >= 4 is 11.6 Å². The van der Waals surface area contributed by atoms with Gasteiger partial charge in [-0.25, -0.2) is 0 Å². The zero-order valence-corrected chi connectivity index (χ0v) is 10.3. The van der Waals surface area contributed by atoms with E-state index in [-0.39, 0.29) is 17.3 Å². The van der Waals surface area contributed by atoms with Crippen LogP contribution in [0.15, 0.2) is 0 Å². The Morgan fingerprint density at radius 1 is 1.24 bits per heavy atom. The lowest BCUT2D eigenvalue weighted by atomic mass is 10.0. The second-order valence-electron chi connectivity index (χ2n) is 3.74. The van der Waals surface area contributed by atoms with Gasteiger partial charge in [0.2, 0.25) is 5.28 Å². The first kappa shape index (κ1) is 12.3. The lowest BCUT2D eigenvalue weighted by Crippen LogP contribution is -2.22. The molecule has 0 spiro atoms. The van der Waals surface area contributed by atoms with Crippen molar-refractivity contribution in [1.82, 2.24) is 15.0 Å². The fourth-order valence-electron chi connectivity index (χ4n) is 1.58. The summed E-state index contributed by atoms with van der Waals surface area (Å²) in [7, 11) is 1.47. The lowest BCUT2D eigenvalue weighted by Gasteiger charge is -2.21. The Morgan fingerprint density at radius 2 is 1.94 bits per heavy atom. The number of rotatable bonds is 4. The molecule has 0 atom stereocenters. The van der Waals surface area contributed by atoms with Gasteiger partial charge >= 0.3 is 12.0 Å². The summed E-state index contributed by atoms with van der Waals surface area (Å²) in [6.07, 6.45) is 1.99. The minimum atomic E-state index is 0.0684. The fraction of sp³-hybridized carbons (Fsp3) is 0.700. The van der Waals surface area contributed by atoms with Crippen molar-refractivity contribution in [3.8, 4) is 12.0 Å². The van der Waals surface area contributed by atoms with E-state index >= 15 is 0 Å². The Labute approximate surface area is 104 Å². The van der Waals surface area contributed by atoms with Gasteiger partial charge in [0.15, 0.2) is 0 Å². The summed E-state index contributed by atoms with van der Waals surface area (Å²) < 4.78 is 15.6. The zero-order valence-electron chi connectivity index (χ0n) is 9.56. The molecule has 0 unspecified atom stereocenters. The van der Waals surface area contributed by atoms with Crippen LogP contribution in [0.4, 0.5) is 0 Å². The SMILES string of the molecule is COc1nc(Cl)nc(OCC2CCOCC2)n1. The van der Waals surface area contributed by atoms with Gasteiger partial charge in [-0.15, -0.1) is 4.98 Å². The molecule has 0 radical (unpaired) electrons. The molecule has 0 saturated carbocycles. The number of methoxy groups -OCH3 is 1. The maximum Gasteiger partial charge on any atom is 0.323 e. The second kappa shape index (κ2) is 5.97. The Balaban J connectivity index is 1.91. The maximum atomic E-state index is 5.71. The van der Waals surface area contributed by atoms with Crippen LogP contribution in [0.25, 0.3) is 0 Å². The standard InChI is InChI=1S/C10H14ClN3O3/c1-15-9-12-8(11)13-10(14-9)17-6-7-2-4-16-5-3-7/h7H,2-6H2,1H3. The van der Waals surface area contributed by atoms with Gasteiger partial charge in [-0.05, 0) is 30.4 Å². The first-order chi connectivity index (χ1) is 8.28. The molecular weight excluding hydrogens is 246 g/mol. The highest BCUT2D eigenvalue weighted by Crippen LogP contribution is 2.17. The van der Waals surface area contributed by atoms with E-state index in [2.05, 4.69) is 15.0 Å². The average Bonchev–Trinajstić information content (AvgIpc) is 2.37. The van der Waals surface area contributed by atoms with Crippen molar-refractivity contribution < 1.29 is 14.2 Å². The second-order valence-corrected chi connectivity index (χ2v) is 4.08. The van der Waals surface area contributed by atoms with Gasteiger partial charge in [0, 0.05) is 13.2 Å². The van der Waals surface area contributed by atoms with Gasteiger partial charge in [-0.1, -0.05) is 0 Å². The number of nitrogens with zero attached hydrogens (tertiary/aromatic N) is 3. The summed E-state index contributed by atoms with van der Waals surface area (Å²) in [4.78, 5) is 11.6. The summed E-state index contributed by atoms with van der Waals surface area (Å²) >= 11 is 5.71. The summed E-state index contributed by atoms with van der Waals surface area (Å²) in [6.45, 7) is 2.14. The van der Waals surface area contributed by atoms with Gasteiger partial charge in [-0.2, -0.15) is 9.97 Å². The van der Waals surface area contributed by atoms with Crippen LogP contribution in [0.2, 0.25) is 5.28 Å². The average molecular weight is 260 g/mol. The molecule has 94 valence electrons. The van der Waals surface area contributed by atoms with Crippen LogP contribution < -0.4 is 9.47 Å². The molecule has 1 aliphatic heterocycles. The molecular formula is C10H14ClN3O3. The molecule has 1 aromatic heterocycles. The summed E-state index contributed by atoms with van der Waals surface area (Å²) in [5.74, 6) is 0.477.